The number of carbonyl (C=O) groups excluding carboxylic acids is 1. The van der Waals surface area contributed by atoms with Gasteiger partial charge in [0.25, 0.3) is 5.91 Å². The fourth-order valence-corrected chi connectivity index (χ4v) is 3.26. The standard InChI is InChI=1S/C14H19IN2O2/c1-9-5-10(7-16)8-17(9)14(18)12-4-3-11(19-2)6-13(12)15/h3-4,6,9-10H,5,7-8,16H2,1-2H3. The topological polar surface area (TPSA) is 55.6 Å². The Labute approximate surface area is 127 Å². The van der Waals surface area contributed by atoms with Crippen molar-refractivity contribution in [2.45, 2.75) is 19.4 Å². The SMILES string of the molecule is COc1ccc(C(=O)N2CC(CN)CC2C)c(I)c1. The molecule has 2 atom stereocenters. The molecule has 1 fully saturated rings. The van der Waals surface area contributed by atoms with Gasteiger partial charge in [0.15, 0.2) is 0 Å². The molecule has 1 saturated heterocycles. The van der Waals surface area contributed by atoms with E-state index in [0.717, 1.165) is 27.8 Å². The maximum absolute atomic E-state index is 12.6. The molecule has 1 aliphatic heterocycles. The Bertz CT molecular complexity index is 479. The van der Waals surface area contributed by atoms with Crippen LogP contribution in [0.4, 0.5) is 0 Å². The Hall–Kier alpha value is -0.820. The molecule has 5 heteroatoms. The third-order valence-electron chi connectivity index (χ3n) is 3.66. The van der Waals surface area contributed by atoms with Crippen molar-refractivity contribution in [3.05, 3.63) is 27.3 Å². The van der Waals surface area contributed by atoms with Crippen molar-refractivity contribution in [2.75, 3.05) is 20.2 Å². The number of likely N-dealkylation sites (tertiary alicyclic amines) is 1. The summed E-state index contributed by atoms with van der Waals surface area (Å²) in [5.74, 6) is 1.29. The summed E-state index contributed by atoms with van der Waals surface area (Å²) in [5, 5.41) is 0. The van der Waals surface area contributed by atoms with Gasteiger partial charge in [0.2, 0.25) is 0 Å². The van der Waals surface area contributed by atoms with Crippen LogP contribution in [-0.4, -0.2) is 37.0 Å². The monoisotopic (exact) mass is 374 g/mol. The number of amides is 1. The van der Waals surface area contributed by atoms with Crippen LogP contribution < -0.4 is 10.5 Å². The number of ether oxygens (including phenoxy) is 1. The Morgan fingerprint density at radius 1 is 1.58 bits per heavy atom. The molecule has 0 aromatic heterocycles. The minimum atomic E-state index is 0.0931. The van der Waals surface area contributed by atoms with E-state index >= 15 is 0 Å². The lowest BCUT2D eigenvalue weighted by molar-refractivity contribution is 0.0742. The fourth-order valence-electron chi connectivity index (χ4n) is 2.55. The van der Waals surface area contributed by atoms with E-state index in [4.69, 9.17) is 10.5 Å². The van der Waals surface area contributed by atoms with E-state index in [9.17, 15) is 4.79 Å². The Balaban J connectivity index is 2.20. The summed E-state index contributed by atoms with van der Waals surface area (Å²) in [5.41, 5.74) is 6.45. The minimum absolute atomic E-state index is 0.0931. The number of hydrogen-bond donors (Lipinski definition) is 1. The van der Waals surface area contributed by atoms with Crippen LogP contribution in [0.15, 0.2) is 18.2 Å². The predicted octanol–water partition coefficient (Wildman–Crippen LogP) is 2.11. The molecule has 1 aromatic rings. The number of benzene rings is 1. The van der Waals surface area contributed by atoms with E-state index in [1.165, 1.54) is 0 Å². The van der Waals surface area contributed by atoms with Gasteiger partial charge < -0.3 is 15.4 Å². The van der Waals surface area contributed by atoms with Gasteiger partial charge in [0.05, 0.1) is 12.7 Å². The molecule has 0 radical (unpaired) electrons. The van der Waals surface area contributed by atoms with Gasteiger partial charge in [-0.2, -0.15) is 0 Å². The third-order valence-corrected chi connectivity index (χ3v) is 4.55. The van der Waals surface area contributed by atoms with Gasteiger partial charge in [-0.15, -0.1) is 0 Å². The maximum Gasteiger partial charge on any atom is 0.255 e. The molecule has 2 unspecified atom stereocenters. The molecule has 0 saturated carbocycles. The second kappa shape index (κ2) is 6.09. The average Bonchev–Trinajstić information content (AvgIpc) is 2.79. The van der Waals surface area contributed by atoms with Crippen molar-refractivity contribution < 1.29 is 9.53 Å². The van der Waals surface area contributed by atoms with Gasteiger partial charge in [-0.05, 0) is 66.6 Å². The summed E-state index contributed by atoms with van der Waals surface area (Å²) in [6.07, 6.45) is 0.995. The second-order valence-electron chi connectivity index (χ2n) is 4.99. The van der Waals surface area contributed by atoms with E-state index in [1.807, 2.05) is 23.1 Å². The molecular weight excluding hydrogens is 355 g/mol. The molecule has 1 amide bonds. The van der Waals surface area contributed by atoms with E-state index in [-0.39, 0.29) is 11.9 Å². The first-order chi connectivity index (χ1) is 9.06. The summed E-state index contributed by atoms with van der Waals surface area (Å²) in [6, 6.07) is 5.82. The molecule has 0 aliphatic carbocycles. The lowest BCUT2D eigenvalue weighted by atomic mass is 10.1. The highest BCUT2D eigenvalue weighted by atomic mass is 127. The van der Waals surface area contributed by atoms with Crippen LogP contribution in [0, 0.1) is 9.49 Å². The van der Waals surface area contributed by atoms with Crippen molar-refractivity contribution in [3.8, 4) is 5.75 Å². The molecule has 1 aromatic carbocycles. The van der Waals surface area contributed by atoms with Crippen LogP contribution in [0.2, 0.25) is 0 Å². The zero-order valence-corrected chi connectivity index (χ0v) is 13.4. The summed E-state index contributed by atoms with van der Waals surface area (Å²) < 4.78 is 6.09. The molecular formula is C14H19IN2O2. The number of carbonyl (C=O) groups is 1. The lowest BCUT2D eigenvalue weighted by Crippen LogP contribution is -2.34. The van der Waals surface area contributed by atoms with Crippen LogP contribution in [0.3, 0.4) is 0 Å². The Morgan fingerprint density at radius 2 is 2.32 bits per heavy atom. The lowest BCUT2D eigenvalue weighted by Gasteiger charge is -2.22. The Morgan fingerprint density at radius 3 is 2.84 bits per heavy atom. The molecule has 104 valence electrons. The number of methoxy groups -OCH3 is 1. The van der Waals surface area contributed by atoms with Crippen molar-refractivity contribution in [2.24, 2.45) is 11.7 Å². The third kappa shape index (κ3) is 3.02. The van der Waals surface area contributed by atoms with Crippen molar-refractivity contribution >= 4 is 28.5 Å². The summed E-state index contributed by atoms with van der Waals surface area (Å²) in [6.45, 7) is 3.50. The first-order valence-electron chi connectivity index (χ1n) is 6.41. The van der Waals surface area contributed by atoms with Gasteiger partial charge >= 0.3 is 0 Å². The van der Waals surface area contributed by atoms with Crippen LogP contribution in [0.25, 0.3) is 0 Å². The van der Waals surface area contributed by atoms with Crippen LogP contribution >= 0.6 is 22.6 Å². The quantitative estimate of drug-likeness (QED) is 0.825. The predicted molar refractivity (Wildman–Crippen MR) is 83.4 cm³/mol. The summed E-state index contributed by atoms with van der Waals surface area (Å²) in [7, 11) is 1.63. The first-order valence-corrected chi connectivity index (χ1v) is 7.49. The molecule has 2 N–H and O–H groups in total. The fraction of sp³-hybridized carbons (Fsp3) is 0.500. The number of nitrogens with two attached hydrogens (primary N) is 1. The maximum atomic E-state index is 12.6. The van der Waals surface area contributed by atoms with Gasteiger partial charge in [-0.25, -0.2) is 0 Å². The molecule has 4 nitrogen and oxygen atoms in total. The van der Waals surface area contributed by atoms with Gasteiger partial charge in [0, 0.05) is 16.2 Å². The van der Waals surface area contributed by atoms with Crippen LogP contribution in [-0.2, 0) is 0 Å². The molecule has 19 heavy (non-hydrogen) atoms. The van der Waals surface area contributed by atoms with Crippen molar-refractivity contribution in [1.82, 2.24) is 4.90 Å². The highest BCUT2D eigenvalue weighted by Gasteiger charge is 2.32. The van der Waals surface area contributed by atoms with E-state index in [2.05, 4.69) is 29.5 Å². The highest BCUT2D eigenvalue weighted by Crippen LogP contribution is 2.27. The molecule has 0 spiro atoms. The molecule has 1 heterocycles. The molecule has 0 bridgehead atoms. The number of rotatable bonds is 3. The van der Waals surface area contributed by atoms with Gasteiger partial charge in [-0.3, -0.25) is 4.79 Å². The second-order valence-corrected chi connectivity index (χ2v) is 6.15. The normalized spacial score (nSPS) is 22.6. The molecule has 2 rings (SSSR count). The van der Waals surface area contributed by atoms with Crippen LogP contribution in [0.5, 0.6) is 5.75 Å². The van der Waals surface area contributed by atoms with Crippen LogP contribution in [0.1, 0.15) is 23.7 Å². The summed E-state index contributed by atoms with van der Waals surface area (Å²) >= 11 is 2.18. The van der Waals surface area contributed by atoms with E-state index in [1.54, 1.807) is 7.11 Å². The number of nitrogens with zero attached hydrogens (tertiary/aromatic N) is 1. The zero-order chi connectivity index (χ0) is 14.0. The number of halogens is 1. The van der Waals surface area contributed by atoms with Gasteiger partial charge in [0.1, 0.15) is 5.75 Å². The van der Waals surface area contributed by atoms with E-state index in [0.29, 0.717) is 12.5 Å². The highest BCUT2D eigenvalue weighted by molar-refractivity contribution is 14.1. The zero-order valence-electron chi connectivity index (χ0n) is 11.2. The van der Waals surface area contributed by atoms with Crippen molar-refractivity contribution in [3.63, 3.8) is 0 Å². The largest absolute Gasteiger partial charge is 0.497 e. The van der Waals surface area contributed by atoms with Gasteiger partial charge in [-0.1, -0.05) is 0 Å². The number of hydrogen-bond acceptors (Lipinski definition) is 3. The molecule has 1 aliphatic rings. The summed E-state index contributed by atoms with van der Waals surface area (Å²) in [4.78, 5) is 14.5. The Kier molecular flexibility index (Phi) is 4.67. The minimum Gasteiger partial charge on any atom is -0.497 e. The first kappa shape index (κ1) is 14.6. The smallest absolute Gasteiger partial charge is 0.255 e. The average molecular weight is 374 g/mol. The van der Waals surface area contributed by atoms with Crippen molar-refractivity contribution in [1.29, 1.82) is 0 Å². The van der Waals surface area contributed by atoms with E-state index < -0.39 is 0 Å².